The molecule has 7 nitrogen and oxygen atoms in total. The number of hydrogen-bond donors (Lipinski definition) is 1. The lowest BCUT2D eigenvalue weighted by molar-refractivity contribution is -0.127. The van der Waals surface area contributed by atoms with Crippen LogP contribution in [0, 0.1) is 5.92 Å². The number of anilines is 1. The number of nitrogens with zero attached hydrogens (tertiary/aromatic N) is 2. The van der Waals surface area contributed by atoms with E-state index in [0.717, 1.165) is 10.6 Å². The molecule has 30 heavy (non-hydrogen) atoms. The van der Waals surface area contributed by atoms with Crippen LogP contribution in [0.2, 0.25) is 0 Å². The van der Waals surface area contributed by atoms with Crippen LogP contribution in [0.3, 0.4) is 0 Å². The maximum atomic E-state index is 12.7. The van der Waals surface area contributed by atoms with Crippen molar-refractivity contribution in [3.63, 3.8) is 0 Å². The number of benzene rings is 1. The molecule has 0 bridgehead atoms. The van der Waals surface area contributed by atoms with Crippen molar-refractivity contribution in [2.24, 2.45) is 5.92 Å². The van der Waals surface area contributed by atoms with Gasteiger partial charge in [0.1, 0.15) is 5.60 Å². The highest BCUT2D eigenvalue weighted by molar-refractivity contribution is 7.98. The van der Waals surface area contributed by atoms with E-state index >= 15 is 0 Å². The third-order valence-corrected chi connectivity index (χ3v) is 6.12. The van der Waals surface area contributed by atoms with Gasteiger partial charge >= 0.3 is 6.09 Å². The van der Waals surface area contributed by atoms with Gasteiger partial charge in [-0.05, 0) is 64.1 Å². The zero-order valence-electron chi connectivity index (χ0n) is 18.1. The molecule has 0 spiro atoms. The Kier molecular flexibility index (Phi) is 6.95. The molecular weight excluding hydrogens is 402 g/mol. The lowest BCUT2D eigenvalue weighted by Gasteiger charge is -2.34. The minimum atomic E-state index is -0.515. The van der Waals surface area contributed by atoms with E-state index in [4.69, 9.17) is 4.74 Å². The number of piperidine rings is 1. The molecule has 2 aliphatic heterocycles. The number of ether oxygens (including phenoxy) is 1. The summed E-state index contributed by atoms with van der Waals surface area (Å²) in [7, 11) is 0. The summed E-state index contributed by atoms with van der Waals surface area (Å²) in [6.45, 7) is 7.05. The Morgan fingerprint density at radius 2 is 1.77 bits per heavy atom. The van der Waals surface area contributed by atoms with Gasteiger partial charge in [0.2, 0.25) is 11.8 Å². The Morgan fingerprint density at radius 3 is 2.33 bits per heavy atom. The van der Waals surface area contributed by atoms with Gasteiger partial charge in [-0.2, -0.15) is 0 Å². The maximum Gasteiger partial charge on any atom is 0.410 e. The van der Waals surface area contributed by atoms with Gasteiger partial charge in [-0.25, -0.2) is 4.79 Å². The molecule has 0 aromatic heterocycles. The summed E-state index contributed by atoms with van der Waals surface area (Å²) in [4.78, 5) is 41.9. The SMILES string of the molecule is CSc1ccc(N2CC(C(=O)NC3CCN(C(=O)OC(C)(C)C)CC3)CC2=O)cc1. The highest BCUT2D eigenvalue weighted by Gasteiger charge is 2.36. The number of amides is 3. The van der Waals surface area contributed by atoms with Crippen molar-refractivity contribution in [1.29, 1.82) is 0 Å². The Hall–Kier alpha value is -2.22. The lowest BCUT2D eigenvalue weighted by Crippen LogP contribution is -2.49. The predicted molar refractivity (Wildman–Crippen MR) is 118 cm³/mol. The molecule has 2 heterocycles. The fraction of sp³-hybridized carbons (Fsp3) is 0.591. The van der Waals surface area contributed by atoms with Crippen LogP contribution < -0.4 is 10.2 Å². The molecule has 1 N–H and O–H groups in total. The molecule has 2 aliphatic rings. The molecule has 0 aliphatic carbocycles. The largest absolute Gasteiger partial charge is 0.444 e. The highest BCUT2D eigenvalue weighted by Crippen LogP contribution is 2.27. The normalized spacial score (nSPS) is 20.4. The van der Waals surface area contributed by atoms with Gasteiger partial charge in [0.25, 0.3) is 0 Å². The van der Waals surface area contributed by atoms with Gasteiger partial charge < -0.3 is 19.9 Å². The molecule has 0 saturated carbocycles. The fourth-order valence-corrected chi connectivity index (χ4v) is 4.16. The first kappa shape index (κ1) is 22.5. The van der Waals surface area contributed by atoms with Crippen LogP contribution >= 0.6 is 11.8 Å². The number of rotatable bonds is 4. The van der Waals surface area contributed by atoms with Gasteiger partial charge in [0.15, 0.2) is 0 Å². The molecule has 2 saturated heterocycles. The Labute approximate surface area is 182 Å². The Bertz CT molecular complexity index is 783. The zero-order valence-corrected chi connectivity index (χ0v) is 19.0. The van der Waals surface area contributed by atoms with Crippen molar-refractivity contribution in [2.45, 2.75) is 56.6 Å². The van der Waals surface area contributed by atoms with E-state index in [-0.39, 0.29) is 36.3 Å². The van der Waals surface area contributed by atoms with Gasteiger partial charge in [-0.15, -0.1) is 11.8 Å². The van der Waals surface area contributed by atoms with Crippen molar-refractivity contribution < 1.29 is 19.1 Å². The van der Waals surface area contributed by atoms with E-state index in [2.05, 4.69) is 5.32 Å². The molecule has 1 atom stereocenters. The number of nitrogens with one attached hydrogen (secondary N) is 1. The summed E-state index contributed by atoms with van der Waals surface area (Å²) in [5.74, 6) is -0.448. The van der Waals surface area contributed by atoms with E-state index in [1.54, 1.807) is 21.6 Å². The maximum absolute atomic E-state index is 12.7. The second kappa shape index (κ2) is 9.29. The summed E-state index contributed by atoms with van der Waals surface area (Å²) in [5, 5.41) is 3.08. The third-order valence-electron chi connectivity index (χ3n) is 5.37. The van der Waals surface area contributed by atoms with E-state index < -0.39 is 5.60 Å². The zero-order chi connectivity index (χ0) is 21.9. The summed E-state index contributed by atoms with van der Waals surface area (Å²) >= 11 is 1.65. The number of carbonyl (C=O) groups is 3. The molecule has 164 valence electrons. The van der Waals surface area contributed by atoms with Gasteiger partial charge in [-0.1, -0.05) is 0 Å². The molecule has 3 rings (SSSR count). The average Bonchev–Trinajstić information content (AvgIpc) is 3.09. The van der Waals surface area contributed by atoms with Crippen molar-refractivity contribution in [2.75, 3.05) is 30.8 Å². The van der Waals surface area contributed by atoms with E-state index in [9.17, 15) is 14.4 Å². The summed E-state index contributed by atoms with van der Waals surface area (Å²) in [6, 6.07) is 7.84. The van der Waals surface area contributed by atoms with Crippen molar-refractivity contribution in [3.05, 3.63) is 24.3 Å². The monoisotopic (exact) mass is 433 g/mol. The number of carbonyl (C=O) groups excluding carboxylic acids is 3. The number of thioether (sulfide) groups is 1. The molecule has 0 radical (unpaired) electrons. The predicted octanol–water partition coefficient (Wildman–Crippen LogP) is 3.28. The smallest absolute Gasteiger partial charge is 0.410 e. The molecule has 1 aromatic carbocycles. The van der Waals surface area contributed by atoms with Crippen molar-refractivity contribution in [3.8, 4) is 0 Å². The Morgan fingerprint density at radius 1 is 1.13 bits per heavy atom. The van der Waals surface area contributed by atoms with Crippen LogP contribution in [0.1, 0.15) is 40.0 Å². The average molecular weight is 434 g/mol. The van der Waals surface area contributed by atoms with Gasteiger partial charge in [-0.3, -0.25) is 9.59 Å². The molecular formula is C22H31N3O4S. The summed E-state index contributed by atoms with van der Waals surface area (Å²) in [6.07, 6.45) is 3.30. The molecule has 1 unspecified atom stereocenters. The third kappa shape index (κ3) is 5.68. The minimum Gasteiger partial charge on any atom is -0.444 e. The minimum absolute atomic E-state index is 0.0150. The van der Waals surface area contributed by atoms with E-state index in [1.165, 1.54) is 0 Å². The topological polar surface area (TPSA) is 79.0 Å². The summed E-state index contributed by atoms with van der Waals surface area (Å²) < 4.78 is 5.41. The molecule has 8 heteroatoms. The number of likely N-dealkylation sites (tertiary alicyclic amines) is 1. The van der Waals surface area contributed by atoms with Crippen molar-refractivity contribution >= 4 is 35.4 Å². The summed E-state index contributed by atoms with van der Waals surface area (Å²) in [5.41, 5.74) is 0.317. The van der Waals surface area contributed by atoms with Crippen LogP contribution in [-0.2, 0) is 14.3 Å². The molecule has 1 aromatic rings. The van der Waals surface area contributed by atoms with Crippen molar-refractivity contribution in [1.82, 2.24) is 10.2 Å². The molecule has 3 amide bonds. The standard InChI is InChI=1S/C22H31N3O4S/c1-22(2,3)29-21(28)24-11-9-16(10-12-24)23-20(27)15-13-19(26)25(14-15)17-5-7-18(30-4)8-6-17/h5-8,15-16H,9-14H2,1-4H3,(H,23,27). The second-order valence-electron chi connectivity index (χ2n) is 8.85. The van der Waals surface area contributed by atoms with Crippen LogP contribution in [0.15, 0.2) is 29.2 Å². The lowest BCUT2D eigenvalue weighted by atomic mass is 10.0. The van der Waals surface area contributed by atoms with Gasteiger partial charge in [0, 0.05) is 42.7 Å². The Balaban J connectivity index is 1.49. The van der Waals surface area contributed by atoms with Crippen LogP contribution in [-0.4, -0.2) is 60.3 Å². The van der Waals surface area contributed by atoms with E-state index in [0.29, 0.717) is 32.5 Å². The quantitative estimate of drug-likeness (QED) is 0.738. The number of hydrogen-bond acceptors (Lipinski definition) is 5. The fourth-order valence-electron chi connectivity index (χ4n) is 3.75. The second-order valence-corrected chi connectivity index (χ2v) is 9.73. The van der Waals surface area contributed by atoms with Crippen LogP contribution in [0.5, 0.6) is 0 Å². The first-order valence-corrected chi connectivity index (χ1v) is 11.6. The van der Waals surface area contributed by atoms with Crippen LogP contribution in [0.4, 0.5) is 10.5 Å². The van der Waals surface area contributed by atoms with E-state index in [1.807, 2.05) is 51.3 Å². The first-order valence-electron chi connectivity index (χ1n) is 10.4. The van der Waals surface area contributed by atoms with Crippen LogP contribution in [0.25, 0.3) is 0 Å². The first-order chi connectivity index (χ1) is 14.2. The highest BCUT2D eigenvalue weighted by atomic mass is 32.2. The molecule has 2 fully saturated rings. The van der Waals surface area contributed by atoms with Gasteiger partial charge in [0.05, 0.1) is 5.92 Å².